The number of fused-ring (bicyclic) bond motifs is 1. The van der Waals surface area contributed by atoms with Crippen molar-refractivity contribution in [2.45, 2.75) is 0 Å². The summed E-state index contributed by atoms with van der Waals surface area (Å²) in [5, 5.41) is 7.64. The summed E-state index contributed by atoms with van der Waals surface area (Å²) in [6.45, 7) is 2.58. The number of aromatic nitrogens is 3. The molecule has 1 fully saturated rings. The number of hydrogen-bond acceptors (Lipinski definition) is 7. The minimum atomic E-state index is -0.134. The summed E-state index contributed by atoms with van der Waals surface area (Å²) in [5.74, 6) is 1.31. The predicted molar refractivity (Wildman–Crippen MR) is 112 cm³/mol. The van der Waals surface area contributed by atoms with Crippen molar-refractivity contribution in [3.05, 3.63) is 58.8 Å². The molecule has 0 bridgehead atoms. The first-order valence-electron chi connectivity index (χ1n) is 9.14. The average molecular weight is 426 g/mol. The Morgan fingerprint density at radius 1 is 1.10 bits per heavy atom. The lowest BCUT2D eigenvalue weighted by Crippen LogP contribution is -2.49. The molecule has 4 aromatic rings. The lowest BCUT2D eigenvalue weighted by molar-refractivity contribution is 0.0736. The number of anilines is 1. The molecule has 1 amide bonds. The van der Waals surface area contributed by atoms with E-state index in [0.29, 0.717) is 42.7 Å². The number of amides is 1. The molecule has 0 aliphatic carbocycles. The van der Waals surface area contributed by atoms with E-state index in [2.05, 4.69) is 20.0 Å². The van der Waals surface area contributed by atoms with Gasteiger partial charge in [-0.25, -0.2) is 9.97 Å². The zero-order chi connectivity index (χ0) is 19.8. The van der Waals surface area contributed by atoms with Gasteiger partial charge in [-0.3, -0.25) is 4.79 Å². The third kappa shape index (κ3) is 3.45. The number of thiophene rings is 1. The van der Waals surface area contributed by atoms with Crippen LogP contribution in [0.1, 0.15) is 10.5 Å². The topological polar surface area (TPSA) is 75.4 Å². The Kier molecular flexibility index (Phi) is 4.65. The van der Waals surface area contributed by atoms with Crippen molar-refractivity contribution in [1.29, 1.82) is 0 Å². The van der Waals surface area contributed by atoms with E-state index in [9.17, 15) is 4.79 Å². The Morgan fingerprint density at radius 3 is 2.79 bits per heavy atom. The normalized spacial score (nSPS) is 14.5. The van der Waals surface area contributed by atoms with Crippen LogP contribution in [0.2, 0.25) is 5.02 Å². The number of benzene rings is 1. The number of carbonyl (C=O) groups excluding carboxylic acids is 1. The van der Waals surface area contributed by atoms with Crippen molar-refractivity contribution in [2.24, 2.45) is 0 Å². The molecule has 0 atom stereocenters. The number of rotatable bonds is 3. The summed E-state index contributed by atoms with van der Waals surface area (Å²) >= 11 is 7.63. The van der Waals surface area contributed by atoms with Gasteiger partial charge >= 0.3 is 0 Å². The molecule has 146 valence electrons. The van der Waals surface area contributed by atoms with Crippen LogP contribution < -0.4 is 4.90 Å². The molecule has 0 unspecified atom stereocenters. The van der Waals surface area contributed by atoms with Gasteiger partial charge in [-0.15, -0.1) is 11.3 Å². The largest absolute Gasteiger partial charge is 0.355 e. The molecule has 1 aliphatic heterocycles. The molecule has 0 radical (unpaired) electrons. The first kappa shape index (κ1) is 18.1. The standard InChI is InChI=1S/C20H16ClN5O2S/c21-14-3-1-2-13(10-14)17-11-16(24-28-17)20(27)26-7-5-25(6-8-26)18-15-4-9-29-19(15)23-12-22-18/h1-4,9-12H,5-8H2. The number of nitrogens with zero attached hydrogens (tertiary/aromatic N) is 5. The van der Waals surface area contributed by atoms with Crippen molar-refractivity contribution in [2.75, 3.05) is 31.1 Å². The molecule has 1 saturated heterocycles. The van der Waals surface area contributed by atoms with E-state index in [-0.39, 0.29) is 5.91 Å². The van der Waals surface area contributed by atoms with E-state index >= 15 is 0 Å². The SMILES string of the molecule is O=C(c1cc(-c2cccc(Cl)c2)on1)N1CCN(c2ncnc3sccc23)CC1. The van der Waals surface area contributed by atoms with Gasteiger partial charge in [-0.05, 0) is 23.6 Å². The second-order valence-electron chi connectivity index (χ2n) is 6.70. The van der Waals surface area contributed by atoms with Gasteiger partial charge in [-0.1, -0.05) is 28.9 Å². The Hall–Kier alpha value is -2.97. The summed E-state index contributed by atoms with van der Waals surface area (Å²) in [5.41, 5.74) is 1.09. The monoisotopic (exact) mass is 425 g/mol. The van der Waals surface area contributed by atoms with E-state index < -0.39 is 0 Å². The molecule has 3 aromatic heterocycles. The number of piperazine rings is 1. The molecule has 7 nitrogen and oxygen atoms in total. The van der Waals surface area contributed by atoms with Gasteiger partial charge in [0.15, 0.2) is 11.5 Å². The van der Waals surface area contributed by atoms with Crippen molar-refractivity contribution < 1.29 is 9.32 Å². The molecule has 1 aromatic carbocycles. The molecule has 0 N–H and O–H groups in total. The molecule has 29 heavy (non-hydrogen) atoms. The maximum Gasteiger partial charge on any atom is 0.276 e. The number of halogens is 1. The molecule has 4 heterocycles. The second-order valence-corrected chi connectivity index (χ2v) is 8.03. The first-order chi connectivity index (χ1) is 14.2. The third-order valence-corrected chi connectivity index (χ3v) is 6.00. The van der Waals surface area contributed by atoms with Crippen LogP contribution in [0.5, 0.6) is 0 Å². The van der Waals surface area contributed by atoms with Crippen LogP contribution >= 0.6 is 22.9 Å². The van der Waals surface area contributed by atoms with Crippen LogP contribution in [0.4, 0.5) is 5.82 Å². The Morgan fingerprint density at radius 2 is 1.97 bits per heavy atom. The fraction of sp³-hybridized carbons (Fsp3) is 0.200. The summed E-state index contributed by atoms with van der Waals surface area (Å²) in [6.07, 6.45) is 1.60. The third-order valence-electron chi connectivity index (χ3n) is 4.95. The second kappa shape index (κ2) is 7.46. The zero-order valence-corrected chi connectivity index (χ0v) is 16.9. The lowest BCUT2D eigenvalue weighted by atomic mass is 10.1. The van der Waals surface area contributed by atoms with E-state index in [4.69, 9.17) is 16.1 Å². The highest BCUT2D eigenvalue weighted by atomic mass is 35.5. The van der Waals surface area contributed by atoms with Crippen LogP contribution in [0.15, 0.2) is 52.6 Å². The maximum atomic E-state index is 12.9. The highest BCUT2D eigenvalue weighted by Crippen LogP contribution is 2.28. The van der Waals surface area contributed by atoms with Gasteiger partial charge in [0.1, 0.15) is 17.0 Å². The highest BCUT2D eigenvalue weighted by molar-refractivity contribution is 7.16. The molecule has 5 rings (SSSR count). The lowest BCUT2D eigenvalue weighted by Gasteiger charge is -2.35. The summed E-state index contributed by atoms with van der Waals surface area (Å²) in [6, 6.07) is 11.0. The van der Waals surface area contributed by atoms with E-state index in [1.54, 1.807) is 40.8 Å². The Bertz CT molecular complexity index is 1180. The van der Waals surface area contributed by atoms with Crippen molar-refractivity contribution in [3.8, 4) is 11.3 Å². The van der Waals surface area contributed by atoms with Gasteiger partial charge < -0.3 is 14.3 Å². The predicted octanol–water partition coefficient (Wildman–Crippen LogP) is 3.96. The van der Waals surface area contributed by atoms with E-state index in [1.165, 1.54) is 0 Å². The summed E-state index contributed by atoms with van der Waals surface area (Å²) in [7, 11) is 0. The van der Waals surface area contributed by atoms with E-state index in [1.807, 2.05) is 23.6 Å². The zero-order valence-electron chi connectivity index (χ0n) is 15.3. The Balaban J connectivity index is 1.29. The Labute approximate surface area is 175 Å². The molecular formula is C20H16ClN5O2S. The minimum Gasteiger partial charge on any atom is -0.355 e. The van der Waals surface area contributed by atoms with Gasteiger partial charge in [0.25, 0.3) is 5.91 Å². The fourth-order valence-corrected chi connectivity index (χ4v) is 4.38. The van der Waals surface area contributed by atoms with Crippen LogP contribution in [-0.4, -0.2) is 52.1 Å². The highest BCUT2D eigenvalue weighted by Gasteiger charge is 2.26. The van der Waals surface area contributed by atoms with E-state index in [0.717, 1.165) is 21.6 Å². The van der Waals surface area contributed by atoms with Gasteiger partial charge in [0, 0.05) is 42.8 Å². The molecule has 0 saturated carbocycles. The smallest absolute Gasteiger partial charge is 0.276 e. The van der Waals surface area contributed by atoms with Crippen LogP contribution in [0.25, 0.3) is 21.5 Å². The van der Waals surface area contributed by atoms with Crippen molar-refractivity contribution in [3.63, 3.8) is 0 Å². The maximum absolute atomic E-state index is 12.9. The van der Waals surface area contributed by atoms with Crippen molar-refractivity contribution >= 4 is 44.9 Å². The molecule has 1 aliphatic rings. The van der Waals surface area contributed by atoms with Crippen LogP contribution in [0.3, 0.4) is 0 Å². The van der Waals surface area contributed by atoms with Crippen LogP contribution in [-0.2, 0) is 0 Å². The number of carbonyl (C=O) groups is 1. The average Bonchev–Trinajstić information content (AvgIpc) is 3.43. The number of hydrogen-bond donors (Lipinski definition) is 0. The van der Waals surface area contributed by atoms with Crippen LogP contribution in [0, 0.1) is 0 Å². The molecule has 0 spiro atoms. The van der Waals surface area contributed by atoms with Gasteiger partial charge in [0.05, 0.1) is 5.39 Å². The molecular weight excluding hydrogens is 410 g/mol. The molecule has 9 heteroatoms. The fourth-order valence-electron chi connectivity index (χ4n) is 3.47. The van der Waals surface area contributed by atoms with Gasteiger partial charge in [0.2, 0.25) is 0 Å². The van der Waals surface area contributed by atoms with Gasteiger partial charge in [-0.2, -0.15) is 0 Å². The van der Waals surface area contributed by atoms with Crippen molar-refractivity contribution in [1.82, 2.24) is 20.0 Å². The minimum absolute atomic E-state index is 0.134. The summed E-state index contributed by atoms with van der Waals surface area (Å²) in [4.78, 5) is 26.6. The summed E-state index contributed by atoms with van der Waals surface area (Å²) < 4.78 is 5.37. The quantitative estimate of drug-likeness (QED) is 0.494. The first-order valence-corrected chi connectivity index (χ1v) is 10.4.